The van der Waals surface area contributed by atoms with Crippen LogP contribution in [0, 0.1) is 5.82 Å². The lowest BCUT2D eigenvalue weighted by atomic mass is 10.1. The maximum Gasteiger partial charge on any atom is 0.257 e. The zero-order valence-electron chi connectivity index (χ0n) is 9.61. The fraction of sp³-hybridized carbons (Fsp3) is 0.231. The molecule has 0 N–H and O–H groups in total. The molecule has 0 saturated heterocycles. The molecule has 0 aliphatic carbocycles. The molecule has 3 nitrogen and oxygen atoms in total. The quantitative estimate of drug-likeness (QED) is 0.734. The van der Waals surface area contributed by atoms with Gasteiger partial charge in [0.05, 0.1) is 6.04 Å². The van der Waals surface area contributed by atoms with E-state index in [1.165, 1.54) is 23.1 Å². The van der Waals surface area contributed by atoms with Gasteiger partial charge in [-0.3, -0.25) is 14.5 Å². The van der Waals surface area contributed by atoms with Gasteiger partial charge >= 0.3 is 0 Å². The number of rotatable bonds is 2. The van der Waals surface area contributed by atoms with Crippen molar-refractivity contribution in [3.8, 4) is 0 Å². The predicted octanol–water partition coefficient (Wildman–Crippen LogP) is 2.20. The number of amides is 2. The predicted molar refractivity (Wildman–Crippen MR) is 60.4 cm³/mol. The Bertz CT molecular complexity index is 505. The van der Waals surface area contributed by atoms with E-state index in [0.717, 1.165) is 5.56 Å². The smallest absolute Gasteiger partial charge is 0.257 e. The van der Waals surface area contributed by atoms with Crippen molar-refractivity contribution in [2.24, 2.45) is 0 Å². The molecule has 1 atom stereocenters. The summed E-state index contributed by atoms with van der Waals surface area (Å²) in [6.45, 7) is 3.35. The molecule has 1 aliphatic rings. The molecule has 2 amide bonds. The molecule has 0 saturated carbocycles. The van der Waals surface area contributed by atoms with Crippen LogP contribution in [0.3, 0.4) is 0 Å². The third-order valence-corrected chi connectivity index (χ3v) is 2.87. The van der Waals surface area contributed by atoms with Gasteiger partial charge in [0.2, 0.25) is 0 Å². The molecule has 88 valence electrons. The van der Waals surface area contributed by atoms with Crippen LogP contribution in [0.25, 0.3) is 0 Å². The molecule has 0 bridgehead atoms. The molecule has 2 rings (SSSR count). The lowest BCUT2D eigenvalue weighted by Crippen LogP contribution is -2.33. The van der Waals surface area contributed by atoms with Crippen molar-refractivity contribution in [1.29, 1.82) is 0 Å². The molecule has 0 aromatic heterocycles. The third-order valence-electron chi connectivity index (χ3n) is 2.87. The molecular weight excluding hydrogens is 221 g/mol. The first kappa shape index (κ1) is 11.5. The van der Waals surface area contributed by atoms with Crippen LogP contribution in [0.4, 0.5) is 4.39 Å². The lowest BCUT2D eigenvalue weighted by Gasteiger charge is -2.23. The van der Waals surface area contributed by atoms with Gasteiger partial charge in [0.15, 0.2) is 0 Å². The summed E-state index contributed by atoms with van der Waals surface area (Å²) in [6.07, 6.45) is 1.32. The Labute approximate surface area is 98.5 Å². The number of hydrogen-bond donors (Lipinski definition) is 0. The Balaban J connectivity index is 2.27. The number of benzene rings is 1. The molecule has 0 radical (unpaired) electrons. The van der Waals surface area contributed by atoms with E-state index in [0.29, 0.717) is 5.57 Å². The highest BCUT2D eigenvalue weighted by atomic mass is 19.1. The summed E-state index contributed by atoms with van der Waals surface area (Å²) in [5.41, 5.74) is 1.17. The molecule has 1 heterocycles. The fourth-order valence-corrected chi connectivity index (χ4v) is 1.86. The van der Waals surface area contributed by atoms with E-state index >= 15 is 0 Å². The number of nitrogens with zero attached hydrogens (tertiary/aromatic N) is 1. The van der Waals surface area contributed by atoms with Gasteiger partial charge < -0.3 is 0 Å². The van der Waals surface area contributed by atoms with Gasteiger partial charge in [0, 0.05) is 11.6 Å². The van der Waals surface area contributed by atoms with E-state index in [1.807, 2.05) is 0 Å². The highest BCUT2D eigenvalue weighted by Gasteiger charge is 2.32. The second kappa shape index (κ2) is 4.13. The summed E-state index contributed by atoms with van der Waals surface area (Å²) >= 11 is 0. The largest absolute Gasteiger partial charge is 0.269 e. The van der Waals surface area contributed by atoms with E-state index in [-0.39, 0.29) is 23.7 Å². The van der Waals surface area contributed by atoms with Gasteiger partial charge in [0.25, 0.3) is 11.8 Å². The Morgan fingerprint density at radius 2 is 1.76 bits per heavy atom. The number of halogens is 1. The van der Waals surface area contributed by atoms with Crippen LogP contribution in [-0.4, -0.2) is 16.7 Å². The van der Waals surface area contributed by atoms with Crippen LogP contribution in [0.1, 0.15) is 25.5 Å². The van der Waals surface area contributed by atoms with Gasteiger partial charge in [-0.1, -0.05) is 12.1 Å². The van der Waals surface area contributed by atoms with Gasteiger partial charge in [-0.2, -0.15) is 0 Å². The van der Waals surface area contributed by atoms with Crippen molar-refractivity contribution in [3.63, 3.8) is 0 Å². The average molecular weight is 233 g/mol. The van der Waals surface area contributed by atoms with Crippen molar-refractivity contribution >= 4 is 11.8 Å². The fourth-order valence-electron chi connectivity index (χ4n) is 1.86. The van der Waals surface area contributed by atoms with E-state index in [4.69, 9.17) is 0 Å². The van der Waals surface area contributed by atoms with Crippen LogP contribution in [-0.2, 0) is 9.59 Å². The Morgan fingerprint density at radius 1 is 1.18 bits per heavy atom. The highest BCUT2D eigenvalue weighted by Crippen LogP contribution is 2.26. The summed E-state index contributed by atoms with van der Waals surface area (Å²) in [4.78, 5) is 24.6. The van der Waals surface area contributed by atoms with Crippen LogP contribution < -0.4 is 0 Å². The molecule has 1 aliphatic heterocycles. The maximum atomic E-state index is 12.8. The second-order valence-corrected chi connectivity index (χ2v) is 4.07. The topological polar surface area (TPSA) is 37.4 Å². The van der Waals surface area contributed by atoms with Crippen LogP contribution in [0.2, 0.25) is 0 Å². The number of hydrogen-bond acceptors (Lipinski definition) is 2. The van der Waals surface area contributed by atoms with Gasteiger partial charge in [-0.25, -0.2) is 4.39 Å². The van der Waals surface area contributed by atoms with Crippen molar-refractivity contribution in [1.82, 2.24) is 4.90 Å². The van der Waals surface area contributed by atoms with Gasteiger partial charge in [-0.05, 0) is 31.5 Å². The second-order valence-electron chi connectivity index (χ2n) is 4.07. The number of carbonyl (C=O) groups is 2. The summed E-state index contributed by atoms with van der Waals surface area (Å²) in [5.74, 6) is -0.939. The minimum absolute atomic E-state index is 0.285. The monoisotopic (exact) mass is 233 g/mol. The van der Waals surface area contributed by atoms with Crippen LogP contribution in [0.15, 0.2) is 35.9 Å². The Morgan fingerprint density at radius 3 is 2.24 bits per heavy atom. The minimum atomic E-state index is -0.385. The number of carbonyl (C=O) groups excluding carboxylic acids is 2. The van der Waals surface area contributed by atoms with E-state index in [9.17, 15) is 14.0 Å². The Kier molecular flexibility index (Phi) is 2.79. The van der Waals surface area contributed by atoms with E-state index in [1.54, 1.807) is 26.0 Å². The lowest BCUT2D eigenvalue weighted by molar-refractivity contribution is -0.139. The van der Waals surface area contributed by atoms with Gasteiger partial charge in [0.1, 0.15) is 5.82 Å². The average Bonchev–Trinajstić information content (AvgIpc) is 2.53. The molecule has 0 spiro atoms. The molecule has 4 heteroatoms. The summed E-state index contributed by atoms with van der Waals surface area (Å²) in [5, 5.41) is 0. The number of imide groups is 1. The van der Waals surface area contributed by atoms with Crippen molar-refractivity contribution in [2.45, 2.75) is 19.9 Å². The normalized spacial score (nSPS) is 17.4. The van der Waals surface area contributed by atoms with Crippen molar-refractivity contribution in [2.75, 3.05) is 0 Å². The molecule has 0 unspecified atom stereocenters. The highest BCUT2D eigenvalue weighted by molar-refractivity contribution is 6.16. The first-order valence-corrected chi connectivity index (χ1v) is 5.32. The van der Waals surface area contributed by atoms with E-state index < -0.39 is 0 Å². The molecule has 0 fully saturated rings. The Hall–Kier alpha value is -1.97. The maximum absolute atomic E-state index is 12.8. The SMILES string of the molecule is CC1=CC(=O)N([C@@H](C)c2ccc(F)cc2)C1=O. The van der Waals surface area contributed by atoms with Crippen molar-refractivity contribution in [3.05, 3.63) is 47.3 Å². The standard InChI is InChI=1S/C13H12FNO2/c1-8-7-12(16)15(13(8)17)9(2)10-3-5-11(14)6-4-10/h3-7,9H,1-2H3/t9-/m0/s1. The minimum Gasteiger partial charge on any atom is -0.269 e. The van der Waals surface area contributed by atoms with Gasteiger partial charge in [-0.15, -0.1) is 0 Å². The zero-order valence-corrected chi connectivity index (χ0v) is 9.61. The first-order valence-electron chi connectivity index (χ1n) is 5.32. The summed E-state index contributed by atoms with van der Waals surface area (Å²) in [7, 11) is 0. The zero-order chi connectivity index (χ0) is 12.6. The van der Waals surface area contributed by atoms with Crippen LogP contribution >= 0.6 is 0 Å². The summed E-state index contributed by atoms with van der Waals surface area (Å²) < 4.78 is 12.8. The molecule has 17 heavy (non-hydrogen) atoms. The molecule has 1 aromatic carbocycles. The summed E-state index contributed by atoms with van der Waals surface area (Å²) in [6, 6.07) is 5.40. The first-order chi connectivity index (χ1) is 8.00. The molecular formula is C13H12FNO2. The van der Waals surface area contributed by atoms with E-state index in [2.05, 4.69) is 0 Å². The van der Waals surface area contributed by atoms with Crippen LogP contribution in [0.5, 0.6) is 0 Å². The third kappa shape index (κ3) is 1.98. The van der Waals surface area contributed by atoms with Crippen molar-refractivity contribution < 1.29 is 14.0 Å². The molecule has 1 aromatic rings.